The Hall–Kier alpha value is -1.44. The Labute approximate surface area is 168 Å². The second-order valence-electron chi connectivity index (χ2n) is 8.04. The SMILES string of the molecule is CCc1ccc(C(=O)NC2CCCC(C)C2C)cc1S(=O)(=O)N1CCOCC1. The van der Waals surface area contributed by atoms with E-state index in [0.29, 0.717) is 50.1 Å². The molecule has 6 nitrogen and oxygen atoms in total. The van der Waals surface area contributed by atoms with Gasteiger partial charge in [-0.15, -0.1) is 0 Å². The lowest BCUT2D eigenvalue weighted by molar-refractivity contribution is 0.0730. The summed E-state index contributed by atoms with van der Waals surface area (Å²) in [6.45, 7) is 7.84. The first kappa shape index (κ1) is 21.3. The predicted octanol–water partition coefficient (Wildman–Crippen LogP) is 2.82. The Morgan fingerprint density at radius 3 is 2.61 bits per heavy atom. The third-order valence-corrected chi connectivity index (χ3v) is 8.30. The maximum Gasteiger partial charge on any atom is 0.251 e. The average molecular weight is 409 g/mol. The van der Waals surface area contributed by atoms with Crippen molar-refractivity contribution in [3.8, 4) is 0 Å². The Kier molecular flexibility index (Phi) is 6.78. The molecule has 0 spiro atoms. The van der Waals surface area contributed by atoms with Crippen LogP contribution in [0.25, 0.3) is 0 Å². The molecule has 0 bridgehead atoms. The molecule has 1 aliphatic carbocycles. The van der Waals surface area contributed by atoms with Crippen molar-refractivity contribution in [2.45, 2.75) is 57.4 Å². The lowest BCUT2D eigenvalue weighted by atomic mass is 9.78. The maximum atomic E-state index is 13.2. The van der Waals surface area contributed by atoms with E-state index in [4.69, 9.17) is 4.74 Å². The highest BCUT2D eigenvalue weighted by atomic mass is 32.2. The number of rotatable bonds is 5. The van der Waals surface area contributed by atoms with Crippen molar-refractivity contribution in [1.29, 1.82) is 0 Å². The average Bonchev–Trinajstić information content (AvgIpc) is 2.71. The molecule has 1 amide bonds. The summed E-state index contributed by atoms with van der Waals surface area (Å²) in [4.78, 5) is 13.1. The molecule has 3 unspecified atom stereocenters. The minimum atomic E-state index is -3.64. The molecule has 2 aliphatic rings. The fourth-order valence-corrected chi connectivity index (χ4v) is 5.92. The zero-order valence-corrected chi connectivity index (χ0v) is 17.9. The number of nitrogens with zero attached hydrogens (tertiary/aromatic N) is 1. The van der Waals surface area contributed by atoms with Gasteiger partial charge in [0.2, 0.25) is 10.0 Å². The zero-order chi connectivity index (χ0) is 20.3. The van der Waals surface area contributed by atoms with Crippen LogP contribution in [0.5, 0.6) is 0 Å². The van der Waals surface area contributed by atoms with Crippen molar-refractivity contribution in [1.82, 2.24) is 9.62 Å². The lowest BCUT2D eigenvalue weighted by Gasteiger charge is -2.34. The fraction of sp³-hybridized carbons (Fsp3) is 0.667. The third kappa shape index (κ3) is 4.42. The number of ether oxygens (including phenoxy) is 1. The first-order chi connectivity index (χ1) is 13.3. The number of morpholine rings is 1. The quantitative estimate of drug-likeness (QED) is 0.813. The monoisotopic (exact) mass is 408 g/mol. The number of carbonyl (C=O) groups is 1. The molecule has 1 saturated carbocycles. The third-order valence-electron chi connectivity index (χ3n) is 6.32. The number of carbonyl (C=O) groups excluding carboxylic acids is 1. The molecule has 28 heavy (non-hydrogen) atoms. The Morgan fingerprint density at radius 2 is 1.93 bits per heavy atom. The van der Waals surface area contributed by atoms with E-state index in [2.05, 4.69) is 19.2 Å². The minimum absolute atomic E-state index is 0.140. The topological polar surface area (TPSA) is 75.7 Å². The number of amides is 1. The fourth-order valence-electron chi connectivity index (χ4n) is 4.19. The Morgan fingerprint density at radius 1 is 1.21 bits per heavy atom. The molecule has 3 rings (SSSR count). The molecule has 1 N–H and O–H groups in total. The van der Waals surface area contributed by atoms with Gasteiger partial charge in [-0.25, -0.2) is 8.42 Å². The van der Waals surface area contributed by atoms with E-state index in [1.165, 1.54) is 10.7 Å². The summed E-state index contributed by atoms with van der Waals surface area (Å²) in [5.74, 6) is 0.815. The summed E-state index contributed by atoms with van der Waals surface area (Å²) in [6, 6.07) is 5.20. The molecule has 1 saturated heterocycles. The lowest BCUT2D eigenvalue weighted by Crippen LogP contribution is -2.44. The van der Waals surface area contributed by atoms with E-state index < -0.39 is 10.0 Å². The van der Waals surface area contributed by atoms with E-state index in [-0.39, 0.29) is 16.8 Å². The molecule has 0 aromatic heterocycles. The molecule has 1 heterocycles. The van der Waals surface area contributed by atoms with Gasteiger partial charge in [0, 0.05) is 24.7 Å². The van der Waals surface area contributed by atoms with Crippen LogP contribution in [0.3, 0.4) is 0 Å². The highest BCUT2D eigenvalue weighted by molar-refractivity contribution is 7.89. The number of benzene rings is 1. The number of hydrogen-bond acceptors (Lipinski definition) is 4. The summed E-state index contributed by atoms with van der Waals surface area (Å²) in [7, 11) is -3.64. The summed E-state index contributed by atoms with van der Waals surface area (Å²) in [5.41, 5.74) is 1.15. The molecular formula is C21H32N2O4S. The number of aryl methyl sites for hydroxylation is 1. The van der Waals surface area contributed by atoms with Crippen molar-refractivity contribution >= 4 is 15.9 Å². The van der Waals surface area contributed by atoms with Gasteiger partial charge < -0.3 is 10.1 Å². The number of sulfonamides is 1. The summed E-state index contributed by atoms with van der Waals surface area (Å²) >= 11 is 0. The number of hydrogen-bond donors (Lipinski definition) is 1. The second kappa shape index (κ2) is 8.93. The van der Waals surface area contributed by atoms with E-state index in [1.807, 2.05) is 6.92 Å². The van der Waals surface area contributed by atoms with Gasteiger partial charge in [-0.05, 0) is 42.4 Å². The molecule has 2 fully saturated rings. The highest BCUT2D eigenvalue weighted by Gasteiger charge is 2.31. The molecule has 1 aromatic rings. The van der Waals surface area contributed by atoms with Gasteiger partial charge in [0.25, 0.3) is 5.91 Å². The van der Waals surface area contributed by atoms with E-state index in [1.54, 1.807) is 18.2 Å². The molecule has 156 valence electrons. The van der Waals surface area contributed by atoms with Crippen LogP contribution in [0.4, 0.5) is 0 Å². The van der Waals surface area contributed by atoms with Crippen molar-refractivity contribution < 1.29 is 17.9 Å². The summed E-state index contributed by atoms with van der Waals surface area (Å²) in [6.07, 6.45) is 3.88. The van der Waals surface area contributed by atoms with Gasteiger partial charge in [0.05, 0.1) is 18.1 Å². The van der Waals surface area contributed by atoms with Crippen LogP contribution in [0.1, 0.15) is 56.0 Å². The first-order valence-corrected chi connectivity index (χ1v) is 11.8. The largest absolute Gasteiger partial charge is 0.379 e. The molecule has 7 heteroatoms. The van der Waals surface area contributed by atoms with Crippen molar-refractivity contribution in [3.63, 3.8) is 0 Å². The van der Waals surface area contributed by atoms with Gasteiger partial charge in [-0.3, -0.25) is 4.79 Å². The van der Waals surface area contributed by atoms with Crippen LogP contribution in [0.2, 0.25) is 0 Å². The zero-order valence-electron chi connectivity index (χ0n) is 17.1. The molecule has 1 aromatic carbocycles. The van der Waals surface area contributed by atoms with Crippen LogP contribution < -0.4 is 5.32 Å². The molecular weight excluding hydrogens is 376 g/mol. The van der Waals surface area contributed by atoms with Crippen LogP contribution in [0, 0.1) is 11.8 Å². The van der Waals surface area contributed by atoms with Gasteiger partial charge >= 0.3 is 0 Å². The second-order valence-corrected chi connectivity index (χ2v) is 9.95. The molecule has 1 aliphatic heterocycles. The summed E-state index contributed by atoms with van der Waals surface area (Å²) in [5, 5.41) is 3.14. The minimum Gasteiger partial charge on any atom is -0.379 e. The van der Waals surface area contributed by atoms with E-state index in [9.17, 15) is 13.2 Å². The van der Waals surface area contributed by atoms with Crippen molar-refractivity contribution in [2.24, 2.45) is 11.8 Å². The van der Waals surface area contributed by atoms with Crippen LogP contribution in [-0.2, 0) is 21.2 Å². The smallest absolute Gasteiger partial charge is 0.251 e. The normalized spacial score (nSPS) is 26.8. The standard InChI is InChI=1S/C21H32N2O4S/c1-4-17-8-9-18(21(24)22-19-7-5-6-15(2)16(19)3)14-20(17)28(25,26)23-10-12-27-13-11-23/h8-9,14-16,19H,4-7,10-13H2,1-3H3,(H,22,24). The van der Waals surface area contributed by atoms with Crippen molar-refractivity contribution in [3.05, 3.63) is 29.3 Å². The maximum absolute atomic E-state index is 13.2. The highest BCUT2D eigenvalue weighted by Crippen LogP contribution is 2.30. The van der Waals surface area contributed by atoms with E-state index >= 15 is 0 Å². The summed E-state index contributed by atoms with van der Waals surface area (Å²) < 4.78 is 33.1. The molecule has 3 atom stereocenters. The van der Waals surface area contributed by atoms with Crippen LogP contribution in [-0.4, -0.2) is 51.0 Å². The first-order valence-electron chi connectivity index (χ1n) is 10.4. The number of nitrogens with one attached hydrogen (secondary N) is 1. The Balaban J connectivity index is 1.85. The Bertz CT molecular complexity index is 803. The van der Waals surface area contributed by atoms with Crippen LogP contribution >= 0.6 is 0 Å². The van der Waals surface area contributed by atoms with Crippen LogP contribution in [0.15, 0.2) is 23.1 Å². The van der Waals surface area contributed by atoms with E-state index in [0.717, 1.165) is 18.4 Å². The van der Waals surface area contributed by atoms with Gasteiger partial charge in [0.15, 0.2) is 0 Å². The van der Waals surface area contributed by atoms with Gasteiger partial charge in [0.1, 0.15) is 0 Å². The van der Waals surface area contributed by atoms with Gasteiger partial charge in [-0.1, -0.05) is 39.7 Å². The van der Waals surface area contributed by atoms with Gasteiger partial charge in [-0.2, -0.15) is 4.31 Å². The predicted molar refractivity (Wildman–Crippen MR) is 109 cm³/mol. The molecule has 0 radical (unpaired) electrons. The van der Waals surface area contributed by atoms with Crippen molar-refractivity contribution in [2.75, 3.05) is 26.3 Å².